The van der Waals surface area contributed by atoms with Crippen molar-refractivity contribution in [3.05, 3.63) is 41.7 Å². The quantitative estimate of drug-likeness (QED) is 0.567. The Labute approximate surface area is 205 Å². The summed E-state index contributed by atoms with van der Waals surface area (Å²) in [5.41, 5.74) is 1.60. The lowest BCUT2D eigenvalue weighted by molar-refractivity contribution is 0.0903. The van der Waals surface area contributed by atoms with Crippen LogP contribution in [0.1, 0.15) is 43.2 Å². The first-order chi connectivity index (χ1) is 17.1. The Morgan fingerprint density at radius 2 is 1.80 bits per heavy atom. The van der Waals surface area contributed by atoms with Gasteiger partial charge in [-0.3, -0.25) is 4.21 Å². The number of hydrogen-bond donors (Lipinski definition) is 1. The molecule has 0 radical (unpaired) electrons. The minimum absolute atomic E-state index is 0.148. The number of aryl methyl sites for hydroxylation is 1. The minimum atomic E-state index is -1.06. The van der Waals surface area contributed by atoms with Gasteiger partial charge in [0.15, 0.2) is 0 Å². The topological polar surface area (TPSA) is 106 Å². The van der Waals surface area contributed by atoms with Gasteiger partial charge in [-0.2, -0.15) is 4.98 Å². The van der Waals surface area contributed by atoms with Crippen LogP contribution in [0.4, 0.5) is 16.2 Å². The van der Waals surface area contributed by atoms with Crippen molar-refractivity contribution in [3.8, 4) is 11.5 Å². The number of anilines is 2. The summed E-state index contributed by atoms with van der Waals surface area (Å²) in [4.78, 5) is 12.6. The molecular formula is C24H27FN6O3S. The van der Waals surface area contributed by atoms with E-state index in [0.717, 1.165) is 68.4 Å². The largest absolute Gasteiger partial charge is 0.420 e. The van der Waals surface area contributed by atoms with Crippen molar-refractivity contribution in [1.82, 2.24) is 20.2 Å². The van der Waals surface area contributed by atoms with Crippen molar-refractivity contribution in [2.45, 2.75) is 49.0 Å². The van der Waals surface area contributed by atoms with Crippen LogP contribution in [0.25, 0.3) is 11.5 Å². The van der Waals surface area contributed by atoms with E-state index in [9.17, 15) is 8.60 Å². The van der Waals surface area contributed by atoms with Crippen molar-refractivity contribution >= 4 is 22.6 Å². The highest BCUT2D eigenvalue weighted by atomic mass is 32.2. The molecule has 2 aromatic heterocycles. The van der Waals surface area contributed by atoms with Gasteiger partial charge in [-0.05, 0) is 49.9 Å². The molecule has 0 saturated carbocycles. The Morgan fingerprint density at radius 1 is 1.03 bits per heavy atom. The summed E-state index contributed by atoms with van der Waals surface area (Å²) >= 11 is 0. The SMILES string of the molecule is O=S1CCc2nc(N3CCC(c4nnc(-c5ccc(F)cc5)o4)CC3)nc(NC3CCOCC3)c21. The van der Waals surface area contributed by atoms with E-state index in [0.29, 0.717) is 35.5 Å². The first-order valence-corrected chi connectivity index (χ1v) is 13.4. The predicted octanol–water partition coefficient (Wildman–Crippen LogP) is 3.30. The zero-order valence-electron chi connectivity index (χ0n) is 19.3. The summed E-state index contributed by atoms with van der Waals surface area (Å²) in [5.74, 6) is 2.87. The van der Waals surface area contributed by atoms with E-state index in [-0.39, 0.29) is 17.8 Å². The number of benzene rings is 1. The first kappa shape index (κ1) is 22.5. The van der Waals surface area contributed by atoms with Gasteiger partial charge in [-0.25, -0.2) is 9.37 Å². The number of nitrogens with one attached hydrogen (secondary N) is 1. The predicted molar refractivity (Wildman–Crippen MR) is 128 cm³/mol. The van der Waals surface area contributed by atoms with Crippen molar-refractivity contribution < 1.29 is 17.8 Å². The molecule has 184 valence electrons. The van der Waals surface area contributed by atoms with E-state index in [1.165, 1.54) is 12.1 Å². The zero-order chi connectivity index (χ0) is 23.8. The number of hydrogen-bond acceptors (Lipinski definition) is 9. The van der Waals surface area contributed by atoms with Gasteiger partial charge in [-0.15, -0.1) is 10.2 Å². The van der Waals surface area contributed by atoms with Crippen LogP contribution in [0.2, 0.25) is 0 Å². The van der Waals surface area contributed by atoms with Crippen LogP contribution in [-0.2, 0) is 22.0 Å². The van der Waals surface area contributed by atoms with E-state index < -0.39 is 10.8 Å². The fourth-order valence-electron chi connectivity index (χ4n) is 4.89. The highest BCUT2D eigenvalue weighted by molar-refractivity contribution is 7.85. The number of rotatable bonds is 5. The fourth-order valence-corrected chi connectivity index (χ4v) is 6.21. The highest BCUT2D eigenvalue weighted by Gasteiger charge is 2.31. The lowest BCUT2D eigenvalue weighted by Gasteiger charge is -2.31. The second-order valence-electron chi connectivity index (χ2n) is 9.19. The van der Waals surface area contributed by atoms with Crippen LogP contribution in [0.3, 0.4) is 0 Å². The molecule has 11 heteroatoms. The molecule has 2 saturated heterocycles. The van der Waals surface area contributed by atoms with E-state index >= 15 is 0 Å². The third-order valence-electron chi connectivity index (χ3n) is 6.90. The lowest BCUT2D eigenvalue weighted by Crippen LogP contribution is -2.35. The Morgan fingerprint density at radius 3 is 2.57 bits per heavy atom. The average Bonchev–Trinajstić information content (AvgIpc) is 3.53. The molecule has 9 nitrogen and oxygen atoms in total. The molecule has 0 aliphatic carbocycles. The smallest absolute Gasteiger partial charge is 0.247 e. The van der Waals surface area contributed by atoms with Crippen LogP contribution in [0.5, 0.6) is 0 Å². The number of nitrogens with zero attached hydrogens (tertiary/aromatic N) is 5. The Hall–Kier alpha value is -2.92. The molecule has 0 spiro atoms. The Balaban J connectivity index is 1.16. The second-order valence-corrected chi connectivity index (χ2v) is 10.7. The number of piperidine rings is 1. The molecule has 3 aromatic rings. The molecule has 35 heavy (non-hydrogen) atoms. The van der Waals surface area contributed by atoms with Gasteiger partial charge in [0.2, 0.25) is 17.7 Å². The average molecular weight is 499 g/mol. The van der Waals surface area contributed by atoms with Crippen LogP contribution < -0.4 is 10.2 Å². The normalized spacial score (nSPS) is 21.3. The molecule has 0 amide bonds. The van der Waals surface area contributed by atoms with Crippen molar-refractivity contribution in [2.75, 3.05) is 42.3 Å². The van der Waals surface area contributed by atoms with Crippen molar-refractivity contribution in [2.24, 2.45) is 0 Å². The summed E-state index contributed by atoms with van der Waals surface area (Å²) in [6.07, 6.45) is 4.21. The third-order valence-corrected chi connectivity index (χ3v) is 8.36. The fraction of sp³-hybridized carbons (Fsp3) is 0.500. The number of aromatic nitrogens is 4. The van der Waals surface area contributed by atoms with E-state index in [4.69, 9.17) is 19.1 Å². The number of fused-ring (bicyclic) bond motifs is 1. The van der Waals surface area contributed by atoms with Gasteiger partial charge in [0.25, 0.3) is 0 Å². The van der Waals surface area contributed by atoms with Crippen LogP contribution in [-0.4, -0.2) is 62.5 Å². The first-order valence-electron chi connectivity index (χ1n) is 12.1. The van der Waals surface area contributed by atoms with Crippen molar-refractivity contribution in [1.29, 1.82) is 0 Å². The van der Waals surface area contributed by atoms with Crippen LogP contribution >= 0.6 is 0 Å². The molecule has 3 aliphatic rings. The summed E-state index contributed by atoms with van der Waals surface area (Å²) in [6, 6.07) is 6.31. The zero-order valence-corrected chi connectivity index (χ0v) is 20.1. The number of ether oxygens (including phenoxy) is 1. The summed E-state index contributed by atoms with van der Waals surface area (Å²) < 4.78 is 37.2. The third kappa shape index (κ3) is 4.66. The summed E-state index contributed by atoms with van der Waals surface area (Å²) in [6.45, 7) is 2.98. The maximum atomic E-state index is 13.2. The Kier molecular flexibility index (Phi) is 6.19. The molecule has 0 bridgehead atoms. The molecule has 5 heterocycles. The maximum absolute atomic E-state index is 13.2. The lowest BCUT2D eigenvalue weighted by atomic mass is 9.97. The van der Waals surface area contributed by atoms with Crippen LogP contribution in [0, 0.1) is 5.82 Å². The standard InChI is InChI=1S/C24H27FN6O3S/c25-17-3-1-15(2-4-17)22-29-30-23(34-22)16-5-10-31(11-6-16)24-27-19-9-14-35(32)20(19)21(28-24)26-18-7-12-33-13-8-18/h1-4,16,18H,5-14H2,(H,26,27,28). The monoisotopic (exact) mass is 498 g/mol. The van der Waals surface area contributed by atoms with Gasteiger partial charge >= 0.3 is 0 Å². The molecule has 3 aliphatic heterocycles. The molecule has 2 fully saturated rings. The molecule has 1 atom stereocenters. The second kappa shape index (κ2) is 9.62. The van der Waals surface area contributed by atoms with E-state index in [2.05, 4.69) is 20.4 Å². The van der Waals surface area contributed by atoms with E-state index in [1.54, 1.807) is 12.1 Å². The number of halogens is 1. The maximum Gasteiger partial charge on any atom is 0.247 e. The van der Waals surface area contributed by atoms with Gasteiger partial charge in [0, 0.05) is 56.0 Å². The summed E-state index contributed by atoms with van der Waals surface area (Å²) in [5, 5.41) is 12.0. The highest BCUT2D eigenvalue weighted by Crippen LogP contribution is 2.34. The van der Waals surface area contributed by atoms with E-state index in [1.807, 2.05) is 0 Å². The molecule has 1 aromatic carbocycles. The van der Waals surface area contributed by atoms with Gasteiger partial charge < -0.3 is 19.4 Å². The van der Waals surface area contributed by atoms with Gasteiger partial charge in [0.05, 0.1) is 16.5 Å². The van der Waals surface area contributed by atoms with Gasteiger partial charge in [0.1, 0.15) is 16.5 Å². The van der Waals surface area contributed by atoms with Gasteiger partial charge in [-0.1, -0.05) is 0 Å². The molecule has 1 N–H and O–H groups in total. The van der Waals surface area contributed by atoms with Crippen molar-refractivity contribution in [3.63, 3.8) is 0 Å². The molecule has 6 rings (SSSR count). The van der Waals surface area contributed by atoms with Crippen LogP contribution in [0.15, 0.2) is 33.6 Å². The summed E-state index contributed by atoms with van der Waals surface area (Å²) in [7, 11) is -1.06. The Bertz CT molecular complexity index is 1220. The molecular weight excluding hydrogens is 471 g/mol. The minimum Gasteiger partial charge on any atom is -0.420 e. The molecule has 1 unspecified atom stereocenters.